The first-order valence-electron chi connectivity index (χ1n) is 8.52. The van der Waals surface area contributed by atoms with E-state index in [4.69, 9.17) is 11.6 Å². The summed E-state index contributed by atoms with van der Waals surface area (Å²) >= 11 is 7.16. The lowest BCUT2D eigenvalue weighted by Crippen LogP contribution is -2.48. The van der Waals surface area contributed by atoms with Gasteiger partial charge in [0, 0.05) is 16.5 Å². The number of carbonyl (C=O) groups is 2. The van der Waals surface area contributed by atoms with Gasteiger partial charge in [0.25, 0.3) is 0 Å². The maximum absolute atomic E-state index is 12.7. The van der Waals surface area contributed by atoms with Crippen molar-refractivity contribution < 1.29 is 9.59 Å². The van der Waals surface area contributed by atoms with Crippen molar-refractivity contribution in [3.05, 3.63) is 29.3 Å². The zero-order valence-corrected chi connectivity index (χ0v) is 16.8. The molecule has 0 fully saturated rings. The average molecular weight is 395 g/mol. The summed E-state index contributed by atoms with van der Waals surface area (Å²) in [6.45, 7) is 7.51. The smallest absolute Gasteiger partial charge is 0.249 e. The number of nitrogens with one attached hydrogen (secondary N) is 2. The molecule has 0 aliphatic heterocycles. The largest absolute Gasteiger partial charge is 0.344 e. The number of benzene rings is 1. The second-order valence-electron chi connectivity index (χ2n) is 6.44. The first-order chi connectivity index (χ1) is 12.3. The molecule has 0 aliphatic rings. The van der Waals surface area contributed by atoms with Crippen LogP contribution < -0.4 is 10.6 Å². The number of amides is 2. The molecule has 0 aliphatic carbocycles. The van der Waals surface area contributed by atoms with Gasteiger partial charge < -0.3 is 5.32 Å². The lowest BCUT2D eigenvalue weighted by atomic mass is 9.97. The molecule has 2 amide bonds. The van der Waals surface area contributed by atoms with Crippen LogP contribution in [0.1, 0.15) is 34.1 Å². The Balaban J connectivity index is 2.11. The normalized spacial score (nSPS) is 13.3. The van der Waals surface area contributed by atoms with Gasteiger partial charge in [-0.05, 0) is 18.1 Å². The van der Waals surface area contributed by atoms with Crippen molar-refractivity contribution in [2.24, 2.45) is 11.8 Å². The second-order valence-corrected chi connectivity index (χ2v) is 7.85. The van der Waals surface area contributed by atoms with Gasteiger partial charge in [-0.25, -0.2) is 0 Å². The standard InChI is InChI=1S/C18H23ClN4O2S/c1-5-11(4)14(20-15(24)10(2)3)16(25)21-18-23-22-17(26-18)12-6-8-13(19)9-7-12/h6-11,14H,5H2,1-4H3,(H,20,24)(H,21,23,25). The molecule has 6 nitrogen and oxygen atoms in total. The molecule has 140 valence electrons. The summed E-state index contributed by atoms with van der Waals surface area (Å²) in [5, 5.41) is 15.4. The maximum Gasteiger partial charge on any atom is 0.249 e. The summed E-state index contributed by atoms with van der Waals surface area (Å²) < 4.78 is 0. The highest BCUT2D eigenvalue weighted by Crippen LogP contribution is 2.27. The Kier molecular flexibility index (Phi) is 7.11. The van der Waals surface area contributed by atoms with E-state index in [2.05, 4.69) is 20.8 Å². The Morgan fingerprint density at radius 3 is 2.35 bits per heavy atom. The van der Waals surface area contributed by atoms with Crippen LogP contribution in [0.4, 0.5) is 5.13 Å². The number of halogens is 1. The van der Waals surface area contributed by atoms with E-state index in [1.807, 2.05) is 26.0 Å². The van der Waals surface area contributed by atoms with E-state index in [9.17, 15) is 9.59 Å². The van der Waals surface area contributed by atoms with Crippen molar-refractivity contribution in [2.75, 3.05) is 5.32 Å². The van der Waals surface area contributed by atoms with Crippen LogP contribution in [-0.2, 0) is 9.59 Å². The minimum Gasteiger partial charge on any atom is -0.344 e. The van der Waals surface area contributed by atoms with E-state index in [1.165, 1.54) is 11.3 Å². The molecule has 1 aromatic heterocycles. The molecule has 1 heterocycles. The lowest BCUT2D eigenvalue weighted by Gasteiger charge is -2.23. The molecule has 2 rings (SSSR count). The van der Waals surface area contributed by atoms with E-state index < -0.39 is 6.04 Å². The molecule has 2 atom stereocenters. The zero-order valence-electron chi connectivity index (χ0n) is 15.2. The quantitative estimate of drug-likeness (QED) is 0.743. The highest BCUT2D eigenvalue weighted by Gasteiger charge is 2.27. The summed E-state index contributed by atoms with van der Waals surface area (Å²) in [5.41, 5.74) is 0.874. The van der Waals surface area contributed by atoms with Gasteiger partial charge in [-0.3, -0.25) is 14.9 Å². The number of anilines is 1. The van der Waals surface area contributed by atoms with Crippen molar-refractivity contribution in [1.29, 1.82) is 0 Å². The molecule has 26 heavy (non-hydrogen) atoms. The van der Waals surface area contributed by atoms with E-state index in [1.54, 1.807) is 26.0 Å². The topological polar surface area (TPSA) is 84.0 Å². The first-order valence-corrected chi connectivity index (χ1v) is 9.72. The molecule has 0 bridgehead atoms. The molecule has 2 N–H and O–H groups in total. The van der Waals surface area contributed by atoms with Crippen molar-refractivity contribution in [1.82, 2.24) is 15.5 Å². The van der Waals surface area contributed by atoms with Gasteiger partial charge >= 0.3 is 0 Å². The van der Waals surface area contributed by atoms with Crippen LogP contribution in [0.5, 0.6) is 0 Å². The van der Waals surface area contributed by atoms with Crippen molar-refractivity contribution >= 4 is 39.9 Å². The fraction of sp³-hybridized carbons (Fsp3) is 0.444. The van der Waals surface area contributed by atoms with Gasteiger partial charge in [0.1, 0.15) is 11.0 Å². The minimum absolute atomic E-state index is 0.00126. The zero-order chi connectivity index (χ0) is 19.3. The lowest BCUT2D eigenvalue weighted by molar-refractivity contribution is -0.129. The minimum atomic E-state index is -0.613. The van der Waals surface area contributed by atoms with Crippen LogP contribution in [0.15, 0.2) is 24.3 Å². The first kappa shape index (κ1) is 20.3. The van der Waals surface area contributed by atoms with Gasteiger partial charge in [-0.2, -0.15) is 0 Å². The van der Waals surface area contributed by atoms with E-state index >= 15 is 0 Å². The van der Waals surface area contributed by atoms with Gasteiger partial charge in [-0.15, -0.1) is 10.2 Å². The Morgan fingerprint density at radius 2 is 1.77 bits per heavy atom. The van der Waals surface area contributed by atoms with Crippen molar-refractivity contribution in [3.8, 4) is 10.6 Å². The highest BCUT2D eigenvalue weighted by molar-refractivity contribution is 7.18. The third kappa shape index (κ3) is 5.25. The molecule has 0 spiro atoms. The van der Waals surface area contributed by atoms with Crippen LogP contribution >= 0.6 is 22.9 Å². The molecule has 0 radical (unpaired) electrons. The van der Waals surface area contributed by atoms with Crippen LogP contribution in [0.3, 0.4) is 0 Å². The number of hydrogen-bond acceptors (Lipinski definition) is 5. The van der Waals surface area contributed by atoms with Crippen molar-refractivity contribution in [2.45, 2.75) is 40.2 Å². The third-order valence-electron chi connectivity index (χ3n) is 4.06. The molecule has 0 saturated carbocycles. The van der Waals surface area contributed by atoms with Crippen LogP contribution in [0, 0.1) is 11.8 Å². The monoisotopic (exact) mass is 394 g/mol. The van der Waals surface area contributed by atoms with E-state index in [0.717, 1.165) is 12.0 Å². The Hall–Kier alpha value is -1.99. The fourth-order valence-electron chi connectivity index (χ4n) is 2.19. The summed E-state index contributed by atoms with van der Waals surface area (Å²) in [4.78, 5) is 24.7. The summed E-state index contributed by atoms with van der Waals surface area (Å²) in [6.07, 6.45) is 0.766. The molecule has 0 saturated heterocycles. The van der Waals surface area contributed by atoms with Gasteiger partial charge in [-0.1, -0.05) is 69.2 Å². The van der Waals surface area contributed by atoms with Crippen LogP contribution in [-0.4, -0.2) is 28.1 Å². The average Bonchev–Trinajstić information content (AvgIpc) is 3.07. The van der Waals surface area contributed by atoms with Crippen LogP contribution in [0.25, 0.3) is 10.6 Å². The molecule has 1 aromatic carbocycles. The number of carbonyl (C=O) groups excluding carboxylic acids is 2. The number of aromatic nitrogens is 2. The number of hydrogen-bond donors (Lipinski definition) is 2. The van der Waals surface area contributed by atoms with Gasteiger partial charge in [0.2, 0.25) is 16.9 Å². The van der Waals surface area contributed by atoms with Crippen molar-refractivity contribution in [3.63, 3.8) is 0 Å². The molecule has 8 heteroatoms. The molecular formula is C18H23ClN4O2S. The Morgan fingerprint density at radius 1 is 1.12 bits per heavy atom. The number of nitrogens with zero attached hydrogens (tertiary/aromatic N) is 2. The van der Waals surface area contributed by atoms with E-state index in [-0.39, 0.29) is 23.7 Å². The predicted molar refractivity (Wildman–Crippen MR) is 105 cm³/mol. The maximum atomic E-state index is 12.7. The van der Waals surface area contributed by atoms with E-state index in [0.29, 0.717) is 15.2 Å². The summed E-state index contributed by atoms with van der Waals surface area (Å²) in [5.74, 6) is -0.620. The third-order valence-corrected chi connectivity index (χ3v) is 5.20. The highest BCUT2D eigenvalue weighted by atomic mass is 35.5. The molecular weight excluding hydrogens is 372 g/mol. The second kappa shape index (κ2) is 9.09. The number of rotatable bonds is 7. The Bertz CT molecular complexity index is 761. The predicted octanol–water partition coefficient (Wildman–Crippen LogP) is 3.98. The fourth-order valence-corrected chi connectivity index (χ4v) is 3.07. The van der Waals surface area contributed by atoms with Gasteiger partial charge in [0.15, 0.2) is 0 Å². The summed E-state index contributed by atoms with van der Waals surface area (Å²) in [7, 11) is 0. The van der Waals surface area contributed by atoms with Gasteiger partial charge in [0.05, 0.1) is 0 Å². The summed E-state index contributed by atoms with van der Waals surface area (Å²) in [6, 6.07) is 6.63. The molecule has 2 unspecified atom stereocenters. The SMILES string of the molecule is CCC(C)C(NC(=O)C(C)C)C(=O)Nc1nnc(-c2ccc(Cl)cc2)s1. The molecule has 2 aromatic rings. The Labute approximate surface area is 162 Å². The van der Waals surface area contributed by atoms with Crippen LogP contribution in [0.2, 0.25) is 5.02 Å².